The Kier molecular flexibility index (Phi) is 7.25. The summed E-state index contributed by atoms with van der Waals surface area (Å²) in [5.74, 6) is 0.156. The topological polar surface area (TPSA) is 84.5 Å². The van der Waals surface area contributed by atoms with Gasteiger partial charge in [0.05, 0.1) is 5.75 Å². The van der Waals surface area contributed by atoms with Crippen LogP contribution in [-0.2, 0) is 20.6 Å². The molecule has 3 aromatic rings. The lowest BCUT2D eigenvalue weighted by molar-refractivity contribution is -0.118. The van der Waals surface area contributed by atoms with E-state index in [-0.39, 0.29) is 24.8 Å². The molecule has 30 heavy (non-hydrogen) atoms. The molecular weight excluding hydrogens is 468 g/mol. The molecule has 0 atom stereocenters. The van der Waals surface area contributed by atoms with Crippen molar-refractivity contribution in [1.82, 2.24) is 4.72 Å². The molecule has 0 saturated carbocycles. The predicted octanol–water partition coefficient (Wildman–Crippen LogP) is 4.23. The summed E-state index contributed by atoms with van der Waals surface area (Å²) in [5.41, 5.74) is 1.18. The van der Waals surface area contributed by atoms with Gasteiger partial charge in [-0.15, -0.1) is 6.58 Å². The third-order valence-electron chi connectivity index (χ3n) is 4.19. The highest BCUT2D eigenvalue weighted by atomic mass is 79.9. The Balaban J connectivity index is 1.53. The molecule has 156 valence electrons. The summed E-state index contributed by atoms with van der Waals surface area (Å²) < 4.78 is 32.8. The number of nitrogens with one attached hydrogen (secondary N) is 2. The maximum Gasteiger partial charge on any atom is 0.262 e. The van der Waals surface area contributed by atoms with Crippen molar-refractivity contribution in [3.8, 4) is 5.75 Å². The average molecular weight is 489 g/mol. The number of amides is 1. The molecule has 3 aromatic carbocycles. The SMILES string of the molecule is C=CCNS(=O)(=O)Cc1ccc(NC(=O)COc2ccc3cc(Br)ccc3c2)cc1. The van der Waals surface area contributed by atoms with Gasteiger partial charge >= 0.3 is 0 Å². The number of sulfonamides is 1. The van der Waals surface area contributed by atoms with Crippen LogP contribution >= 0.6 is 15.9 Å². The number of hydrogen-bond acceptors (Lipinski definition) is 4. The Bertz CT molecular complexity index is 1160. The van der Waals surface area contributed by atoms with Gasteiger partial charge in [0.25, 0.3) is 5.91 Å². The maximum atomic E-state index is 12.2. The first kappa shape index (κ1) is 22.0. The largest absolute Gasteiger partial charge is 0.484 e. The highest BCUT2D eigenvalue weighted by Crippen LogP contribution is 2.24. The lowest BCUT2D eigenvalue weighted by atomic mass is 10.1. The Labute approximate surface area is 184 Å². The van der Waals surface area contributed by atoms with E-state index in [1.54, 1.807) is 24.3 Å². The van der Waals surface area contributed by atoms with Gasteiger partial charge in [-0.3, -0.25) is 4.79 Å². The predicted molar refractivity (Wildman–Crippen MR) is 123 cm³/mol. The minimum atomic E-state index is -3.42. The first-order valence-corrected chi connectivity index (χ1v) is 11.6. The number of carbonyl (C=O) groups is 1. The molecule has 6 nitrogen and oxygen atoms in total. The van der Waals surface area contributed by atoms with Crippen molar-refractivity contribution in [2.24, 2.45) is 0 Å². The summed E-state index contributed by atoms with van der Waals surface area (Å²) in [5, 5.41) is 4.82. The quantitative estimate of drug-likeness (QED) is 0.441. The molecule has 1 amide bonds. The third kappa shape index (κ3) is 6.41. The van der Waals surface area contributed by atoms with Gasteiger partial charge in [0.1, 0.15) is 5.75 Å². The van der Waals surface area contributed by atoms with E-state index in [4.69, 9.17) is 4.74 Å². The average Bonchev–Trinajstić information content (AvgIpc) is 2.72. The molecule has 0 heterocycles. The molecule has 0 bridgehead atoms. The number of benzene rings is 3. The van der Waals surface area contributed by atoms with Crippen molar-refractivity contribution in [2.45, 2.75) is 5.75 Å². The van der Waals surface area contributed by atoms with Crippen LogP contribution in [0.2, 0.25) is 0 Å². The van der Waals surface area contributed by atoms with Crippen LogP contribution in [-0.4, -0.2) is 27.5 Å². The van der Waals surface area contributed by atoms with Gasteiger partial charge < -0.3 is 10.1 Å². The van der Waals surface area contributed by atoms with Gasteiger partial charge in [-0.1, -0.05) is 46.3 Å². The van der Waals surface area contributed by atoms with Crippen LogP contribution in [0.5, 0.6) is 5.75 Å². The number of rotatable bonds is 9. The second-order valence-electron chi connectivity index (χ2n) is 6.58. The van der Waals surface area contributed by atoms with E-state index in [2.05, 4.69) is 32.5 Å². The van der Waals surface area contributed by atoms with Crippen molar-refractivity contribution in [3.63, 3.8) is 0 Å². The van der Waals surface area contributed by atoms with Crippen LogP contribution in [0, 0.1) is 0 Å². The Morgan fingerprint density at radius 1 is 1.03 bits per heavy atom. The van der Waals surface area contributed by atoms with Gasteiger partial charge in [-0.25, -0.2) is 13.1 Å². The van der Waals surface area contributed by atoms with Crippen LogP contribution < -0.4 is 14.8 Å². The molecule has 0 radical (unpaired) electrons. The lowest BCUT2D eigenvalue weighted by Crippen LogP contribution is -2.25. The minimum Gasteiger partial charge on any atom is -0.484 e. The number of carbonyl (C=O) groups excluding carboxylic acids is 1. The Hall–Kier alpha value is -2.68. The van der Waals surface area contributed by atoms with E-state index < -0.39 is 10.0 Å². The molecule has 0 aliphatic heterocycles. The molecule has 2 N–H and O–H groups in total. The van der Waals surface area contributed by atoms with E-state index in [1.807, 2.05) is 36.4 Å². The van der Waals surface area contributed by atoms with Gasteiger partial charge in [0, 0.05) is 16.7 Å². The van der Waals surface area contributed by atoms with Crippen LogP contribution in [0.1, 0.15) is 5.56 Å². The second kappa shape index (κ2) is 9.88. The van der Waals surface area contributed by atoms with Crippen molar-refractivity contribution < 1.29 is 17.9 Å². The Morgan fingerprint density at radius 2 is 1.73 bits per heavy atom. The summed E-state index contributed by atoms with van der Waals surface area (Å²) >= 11 is 3.44. The monoisotopic (exact) mass is 488 g/mol. The zero-order valence-electron chi connectivity index (χ0n) is 16.1. The molecule has 0 unspecified atom stereocenters. The summed E-state index contributed by atoms with van der Waals surface area (Å²) in [6.45, 7) is 3.53. The summed E-state index contributed by atoms with van der Waals surface area (Å²) in [7, 11) is -3.42. The highest BCUT2D eigenvalue weighted by molar-refractivity contribution is 9.10. The number of ether oxygens (including phenoxy) is 1. The van der Waals surface area contributed by atoms with Crippen molar-refractivity contribution in [3.05, 3.63) is 83.4 Å². The zero-order valence-corrected chi connectivity index (χ0v) is 18.5. The first-order valence-electron chi connectivity index (χ1n) is 9.14. The number of anilines is 1. The number of hydrogen-bond donors (Lipinski definition) is 2. The van der Waals surface area contributed by atoms with E-state index in [1.165, 1.54) is 6.08 Å². The molecule has 0 saturated heterocycles. The van der Waals surface area contributed by atoms with Gasteiger partial charge in [0.15, 0.2) is 6.61 Å². The molecule has 0 aromatic heterocycles. The molecule has 0 aliphatic carbocycles. The summed E-state index contributed by atoms with van der Waals surface area (Å²) in [6.07, 6.45) is 1.48. The smallest absolute Gasteiger partial charge is 0.262 e. The molecule has 0 spiro atoms. The van der Waals surface area contributed by atoms with E-state index in [0.717, 1.165) is 15.2 Å². The van der Waals surface area contributed by atoms with Crippen molar-refractivity contribution >= 4 is 48.3 Å². The minimum absolute atomic E-state index is 0.135. The zero-order chi connectivity index (χ0) is 21.6. The van der Waals surface area contributed by atoms with E-state index in [0.29, 0.717) is 17.0 Å². The highest BCUT2D eigenvalue weighted by Gasteiger charge is 2.10. The van der Waals surface area contributed by atoms with Crippen molar-refractivity contribution in [1.29, 1.82) is 0 Å². The lowest BCUT2D eigenvalue weighted by Gasteiger charge is -2.09. The van der Waals surface area contributed by atoms with Gasteiger partial charge in [-0.05, 0) is 52.7 Å². The number of fused-ring (bicyclic) bond motifs is 1. The fourth-order valence-electron chi connectivity index (χ4n) is 2.77. The normalized spacial score (nSPS) is 11.2. The molecule has 8 heteroatoms. The summed E-state index contributed by atoms with van der Waals surface area (Å²) in [4.78, 5) is 12.2. The van der Waals surface area contributed by atoms with Crippen LogP contribution in [0.15, 0.2) is 77.8 Å². The third-order valence-corrected chi connectivity index (χ3v) is 6.00. The molecule has 0 aliphatic rings. The maximum absolute atomic E-state index is 12.2. The van der Waals surface area contributed by atoms with Crippen LogP contribution in [0.4, 0.5) is 5.69 Å². The standard InChI is InChI=1S/C22H21BrN2O4S/c1-2-11-24-30(27,28)15-16-3-8-20(9-4-16)25-22(26)14-29-21-10-6-17-12-19(23)7-5-18(17)13-21/h2-10,12-13,24H,1,11,14-15H2,(H,25,26). The molecule has 3 rings (SSSR count). The number of halogens is 1. The van der Waals surface area contributed by atoms with Gasteiger partial charge in [-0.2, -0.15) is 0 Å². The molecular formula is C22H21BrN2O4S. The van der Waals surface area contributed by atoms with Crippen LogP contribution in [0.25, 0.3) is 10.8 Å². The van der Waals surface area contributed by atoms with Crippen LogP contribution in [0.3, 0.4) is 0 Å². The summed E-state index contributed by atoms with van der Waals surface area (Å²) in [6, 6.07) is 18.2. The van der Waals surface area contributed by atoms with Gasteiger partial charge in [0.2, 0.25) is 10.0 Å². The molecule has 0 fully saturated rings. The van der Waals surface area contributed by atoms with E-state index in [9.17, 15) is 13.2 Å². The van der Waals surface area contributed by atoms with E-state index >= 15 is 0 Å². The fourth-order valence-corrected chi connectivity index (χ4v) is 4.25. The van der Waals surface area contributed by atoms with Crippen molar-refractivity contribution in [2.75, 3.05) is 18.5 Å². The fraction of sp³-hybridized carbons (Fsp3) is 0.136. The Morgan fingerprint density at radius 3 is 2.47 bits per heavy atom. The second-order valence-corrected chi connectivity index (χ2v) is 9.31. The first-order chi connectivity index (χ1) is 14.3.